The molecular weight excluding hydrogens is 265 g/mol. The van der Waals surface area contributed by atoms with Gasteiger partial charge in [-0.25, -0.2) is 9.18 Å². The van der Waals surface area contributed by atoms with E-state index in [2.05, 4.69) is 0 Å². The summed E-state index contributed by atoms with van der Waals surface area (Å²) in [5.41, 5.74) is -0.654. The number of ether oxygens (including phenoxy) is 1. The number of morpholine rings is 1. The monoisotopic (exact) mass is 277 g/mol. The summed E-state index contributed by atoms with van der Waals surface area (Å²) in [6, 6.07) is 5.30. The van der Waals surface area contributed by atoms with Gasteiger partial charge in [-0.15, -0.1) is 0 Å². The molecule has 2 aromatic rings. The lowest BCUT2D eigenvalue weighted by atomic mass is 10.1. The first-order chi connectivity index (χ1) is 9.65. The molecule has 104 valence electrons. The molecule has 6 heteroatoms. The summed E-state index contributed by atoms with van der Waals surface area (Å²) < 4.78 is 23.2. The van der Waals surface area contributed by atoms with Crippen molar-refractivity contribution in [1.82, 2.24) is 4.90 Å². The second kappa shape index (κ2) is 5.05. The minimum Gasteiger partial charge on any atom is -0.422 e. The van der Waals surface area contributed by atoms with E-state index in [-0.39, 0.29) is 17.1 Å². The van der Waals surface area contributed by atoms with Crippen LogP contribution in [0.25, 0.3) is 11.0 Å². The Morgan fingerprint density at radius 3 is 2.70 bits per heavy atom. The molecule has 2 heterocycles. The van der Waals surface area contributed by atoms with Gasteiger partial charge in [-0.05, 0) is 18.2 Å². The van der Waals surface area contributed by atoms with Gasteiger partial charge in [0.25, 0.3) is 5.91 Å². The summed E-state index contributed by atoms with van der Waals surface area (Å²) in [6.07, 6.45) is 0. The van der Waals surface area contributed by atoms with Crippen LogP contribution in [0.3, 0.4) is 0 Å². The van der Waals surface area contributed by atoms with Crippen molar-refractivity contribution in [1.29, 1.82) is 0 Å². The highest BCUT2D eigenvalue weighted by Crippen LogP contribution is 2.16. The Labute approximate surface area is 113 Å². The fourth-order valence-corrected chi connectivity index (χ4v) is 2.17. The molecule has 1 saturated heterocycles. The molecule has 0 bridgehead atoms. The quantitative estimate of drug-likeness (QED) is 0.739. The van der Waals surface area contributed by atoms with Gasteiger partial charge < -0.3 is 14.1 Å². The maximum Gasteiger partial charge on any atom is 0.349 e. The van der Waals surface area contributed by atoms with Crippen molar-refractivity contribution >= 4 is 16.9 Å². The number of carbonyl (C=O) groups excluding carboxylic acids is 1. The Kier molecular flexibility index (Phi) is 3.23. The Morgan fingerprint density at radius 1 is 1.20 bits per heavy atom. The average Bonchev–Trinajstić information content (AvgIpc) is 2.46. The maximum absolute atomic E-state index is 13.1. The molecule has 5 nitrogen and oxygen atoms in total. The standard InChI is InChI=1S/C14H12FNO4/c15-10-2-1-9-7-11(14(18)20-12(9)8-10)13(17)16-3-5-19-6-4-16/h1-2,7-8H,3-6H2. The Morgan fingerprint density at radius 2 is 1.95 bits per heavy atom. The van der Waals surface area contributed by atoms with Gasteiger partial charge in [-0.2, -0.15) is 0 Å². The lowest BCUT2D eigenvalue weighted by Crippen LogP contribution is -2.42. The number of benzene rings is 1. The van der Waals surface area contributed by atoms with Crippen LogP contribution in [0.1, 0.15) is 10.4 Å². The van der Waals surface area contributed by atoms with Gasteiger partial charge in [0, 0.05) is 24.5 Å². The van der Waals surface area contributed by atoms with Crippen LogP contribution in [0.4, 0.5) is 4.39 Å². The van der Waals surface area contributed by atoms with Crippen LogP contribution in [0.5, 0.6) is 0 Å². The first-order valence-corrected chi connectivity index (χ1v) is 6.25. The summed E-state index contributed by atoms with van der Waals surface area (Å²) in [6.45, 7) is 1.80. The van der Waals surface area contributed by atoms with Crippen LogP contribution >= 0.6 is 0 Å². The van der Waals surface area contributed by atoms with Crippen molar-refractivity contribution in [3.63, 3.8) is 0 Å². The van der Waals surface area contributed by atoms with Gasteiger partial charge in [0.2, 0.25) is 0 Å². The van der Waals surface area contributed by atoms with Crippen LogP contribution < -0.4 is 5.63 Å². The molecule has 0 saturated carbocycles. The summed E-state index contributed by atoms with van der Waals surface area (Å²) >= 11 is 0. The zero-order valence-electron chi connectivity index (χ0n) is 10.6. The van der Waals surface area contributed by atoms with Crippen molar-refractivity contribution < 1.29 is 18.3 Å². The summed E-state index contributed by atoms with van der Waals surface area (Å²) in [5.74, 6) is -0.874. The molecule has 1 fully saturated rings. The number of hydrogen-bond acceptors (Lipinski definition) is 4. The molecule has 1 amide bonds. The molecule has 0 atom stereocenters. The maximum atomic E-state index is 13.1. The van der Waals surface area contributed by atoms with E-state index in [4.69, 9.17) is 9.15 Å². The Balaban J connectivity index is 2.02. The number of nitrogens with zero attached hydrogens (tertiary/aromatic N) is 1. The molecule has 0 N–H and O–H groups in total. The van der Waals surface area contributed by atoms with Crippen molar-refractivity contribution in [2.75, 3.05) is 26.3 Å². The van der Waals surface area contributed by atoms with E-state index in [0.717, 1.165) is 6.07 Å². The Hall–Kier alpha value is -2.21. The van der Waals surface area contributed by atoms with Crippen molar-refractivity contribution in [2.24, 2.45) is 0 Å². The lowest BCUT2D eigenvalue weighted by molar-refractivity contribution is 0.0300. The first-order valence-electron chi connectivity index (χ1n) is 6.25. The van der Waals surface area contributed by atoms with E-state index >= 15 is 0 Å². The molecule has 0 aliphatic carbocycles. The van der Waals surface area contributed by atoms with Gasteiger partial charge in [0.15, 0.2) is 0 Å². The molecule has 20 heavy (non-hydrogen) atoms. The predicted octanol–water partition coefficient (Wildman–Crippen LogP) is 1.40. The van der Waals surface area contributed by atoms with Crippen LogP contribution in [0.15, 0.2) is 33.5 Å². The van der Waals surface area contributed by atoms with Gasteiger partial charge in [-0.1, -0.05) is 0 Å². The highest BCUT2D eigenvalue weighted by molar-refractivity contribution is 5.96. The van der Waals surface area contributed by atoms with Crippen molar-refractivity contribution in [3.8, 4) is 0 Å². The van der Waals surface area contributed by atoms with Crippen molar-refractivity contribution in [3.05, 3.63) is 46.1 Å². The average molecular weight is 277 g/mol. The van der Waals surface area contributed by atoms with Gasteiger partial charge in [0.1, 0.15) is 17.0 Å². The SMILES string of the molecule is O=C(c1cc2ccc(F)cc2oc1=O)N1CCOCC1. The Bertz CT molecular complexity index is 719. The van der Waals surface area contributed by atoms with E-state index in [1.807, 2.05) is 0 Å². The normalized spacial score (nSPS) is 15.6. The molecule has 0 unspecified atom stereocenters. The highest BCUT2D eigenvalue weighted by atomic mass is 19.1. The molecule has 0 radical (unpaired) electrons. The smallest absolute Gasteiger partial charge is 0.349 e. The molecule has 1 aliphatic heterocycles. The number of fused-ring (bicyclic) bond motifs is 1. The molecular formula is C14H12FNO4. The zero-order chi connectivity index (χ0) is 14.1. The topological polar surface area (TPSA) is 59.8 Å². The third-order valence-corrected chi connectivity index (χ3v) is 3.23. The lowest BCUT2D eigenvalue weighted by Gasteiger charge is -2.26. The van der Waals surface area contributed by atoms with E-state index in [0.29, 0.717) is 31.7 Å². The van der Waals surface area contributed by atoms with Crippen LogP contribution in [-0.4, -0.2) is 37.1 Å². The summed E-state index contributed by atoms with van der Waals surface area (Å²) in [5, 5.41) is 0.516. The van der Waals surface area contributed by atoms with Crippen LogP contribution in [0.2, 0.25) is 0 Å². The van der Waals surface area contributed by atoms with E-state index < -0.39 is 11.4 Å². The summed E-state index contributed by atoms with van der Waals surface area (Å²) in [4.78, 5) is 25.7. The predicted molar refractivity (Wildman–Crippen MR) is 69.2 cm³/mol. The van der Waals surface area contributed by atoms with E-state index in [1.54, 1.807) is 4.90 Å². The van der Waals surface area contributed by atoms with Crippen molar-refractivity contribution in [2.45, 2.75) is 0 Å². The number of halogens is 1. The molecule has 1 aromatic heterocycles. The van der Waals surface area contributed by atoms with Gasteiger partial charge >= 0.3 is 5.63 Å². The third-order valence-electron chi connectivity index (χ3n) is 3.23. The number of hydrogen-bond donors (Lipinski definition) is 0. The minimum absolute atomic E-state index is 0.0361. The minimum atomic E-state index is -0.750. The summed E-state index contributed by atoms with van der Waals surface area (Å²) in [7, 11) is 0. The van der Waals surface area contributed by atoms with Gasteiger partial charge in [0.05, 0.1) is 13.2 Å². The fourth-order valence-electron chi connectivity index (χ4n) is 2.17. The van der Waals surface area contributed by atoms with E-state index in [9.17, 15) is 14.0 Å². The molecule has 1 aromatic carbocycles. The number of rotatable bonds is 1. The van der Waals surface area contributed by atoms with Gasteiger partial charge in [-0.3, -0.25) is 4.79 Å². The molecule has 3 rings (SSSR count). The second-order valence-corrected chi connectivity index (χ2v) is 4.53. The number of amides is 1. The highest BCUT2D eigenvalue weighted by Gasteiger charge is 2.22. The molecule has 0 spiro atoms. The fraction of sp³-hybridized carbons (Fsp3) is 0.286. The van der Waals surface area contributed by atoms with E-state index in [1.165, 1.54) is 18.2 Å². The largest absolute Gasteiger partial charge is 0.422 e. The van der Waals surface area contributed by atoms with Crippen LogP contribution in [-0.2, 0) is 4.74 Å². The van der Waals surface area contributed by atoms with Crippen LogP contribution in [0, 0.1) is 5.82 Å². The third kappa shape index (κ3) is 2.30. The first kappa shape index (κ1) is 12.8. The second-order valence-electron chi connectivity index (χ2n) is 4.53. The molecule has 1 aliphatic rings. The number of carbonyl (C=O) groups is 1. The zero-order valence-corrected chi connectivity index (χ0v) is 10.6.